The first-order valence-corrected chi connectivity index (χ1v) is 7.32. The van der Waals surface area contributed by atoms with Gasteiger partial charge in [-0.05, 0) is 13.2 Å². The summed E-state index contributed by atoms with van der Waals surface area (Å²) in [5.74, 6) is 1.66. The van der Waals surface area contributed by atoms with Gasteiger partial charge in [0, 0.05) is 38.0 Å². The van der Waals surface area contributed by atoms with Crippen LogP contribution in [0.2, 0.25) is 0 Å². The quantitative estimate of drug-likeness (QED) is 0.622. The number of aromatic nitrogens is 4. The van der Waals surface area contributed by atoms with Crippen LogP contribution in [0.4, 0.5) is 11.6 Å². The molecule has 0 aromatic carbocycles. The zero-order valence-electron chi connectivity index (χ0n) is 11.3. The van der Waals surface area contributed by atoms with E-state index in [0.29, 0.717) is 6.54 Å². The number of rotatable bonds is 6. The molecule has 2 aromatic rings. The maximum Gasteiger partial charge on any atom is 0.191 e. The summed E-state index contributed by atoms with van der Waals surface area (Å²) in [6.07, 6.45) is 5.79. The molecule has 19 heavy (non-hydrogen) atoms. The molecule has 2 rings (SSSR count). The van der Waals surface area contributed by atoms with Crippen molar-refractivity contribution in [3.05, 3.63) is 24.0 Å². The summed E-state index contributed by atoms with van der Waals surface area (Å²) in [5, 5.41) is 11.4. The van der Waals surface area contributed by atoms with Crippen LogP contribution in [0.15, 0.2) is 23.6 Å². The average Bonchev–Trinajstić information content (AvgIpc) is 2.82. The number of thioether (sulfide) groups is 1. The van der Waals surface area contributed by atoms with Crippen molar-refractivity contribution in [3.8, 4) is 0 Å². The maximum atomic E-state index is 4.43. The van der Waals surface area contributed by atoms with Gasteiger partial charge in [-0.2, -0.15) is 5.10 Å². The lowest BCUT2D eigenvalue weighted by Gasteiger charge is -2.08. The Labute approximate surface area is 117 Å². The minimum absolute atomic E-state index is 0.699. The van der Waals surface area contributed by atoms with E-state index in [4.69, 9.17) is 0 Å². The molecule has 0 bridgehead atoms. The van der Waals surface area contributed by atoms with Crippen LogP contribution in [0.5, 0.6) is 0 Å². The summed E-state index contributed by atoms with van der Waals surface area (Å²) in [6.45, 7) is 3.58. The van der Waals surface area contributed by atoms with Crippen molar-refractivity contribution in [2.45, 2.75) is 18.6 Å². The molecule has 0 unspecified atom stereocenters. The van der Waals surface area contributed by atoms with Crippen LogP contribution < -0.4 is 10.6 Å². The van der Waals surface area contributed by atoms with Gasteiger partial charge >= 0.3 is 0 Å². The highest BCUT2D eigenvalue weighted by Gasteiger charge is 2.04. The van der Waals surface area contributed by atoms with E-state index in [1.54, 1.807) is 4.68 Å². The Kier molecular flexibility index (Phi) is 4.62. The first-order chi connectivity index (χ1) is 9.21. The van der Waals surface area contributed by atoms with Gasteiger partial charge in [0.05, 0.1) is 6.20 Å². The summed E-state index contributed by atoms with van der Waals surface area (Å²) < 4.78 is 1.79. The van der Waals surface area contributed by atoms with Crippen molar-refractivity contribution in [1.82, 2.24) is 19.7 Å². The summed E-state index contributed by atoms with van der Waals surface area (Å²) in [6, 6.07) is 1.92. The van der Waals surface area contributed by atoms with E-state index in [2.05, 4.69) is 25.7 Å². The van der Waals surface area contributed by atoms with Crippen LogP contribution in [0.25, 0.3) is 0 Å². The fourth-order valence-corrected chi connectivity index (χ4v) is 2.01. The molecule has 2 N–H and O–H groups in total. The lowest BCUT2D eigenvalue weighted by molar-refractivity contribution is 0.767. The van der Waals surface area contributed by atoms with Crippen LogP contribution in [0, 0.1) is 0 Å². The number of hydrogen-bond acceptors (Lipinski definition) is 6. The highest BCUT2D eigenvalue weighted by molar-refractivity contribution is 7.98. The lowest BCUT2D eigenvalue weighted by atomic mass is 10.3. The predicted molar refractivity (Wildman–Crippen MR) is 78.5 cm³/mol. The largest absolute Gasteiger partial charge is 0.370 e. The molecular weight excluding hydrogens is 260 g/mol. The zero-order valence-corrected chi connectivity index (χ0v) is 12.2. The summed E-state index contributed by atoms with van der Waals surface area (Å²) in [5.41, 5.74) is 1.12. The molecule has 7 heteroatoms. The second kappa shape index (κ2) is 6.42. The smallest absolute Gasteiger partial charge is 0.191 e. The van der Waals surface area contributed by atoms with Gasteiger partial charge in [-0.25, -0.2) is 9.97 Å². The highest BCUT2D eigenvalue weighted by atomic mass is 32.2. The third-order valence-corrected chi connectivity index (χ3v) is 3.03. The summed E-state index contributed by atoms with van der Waals surface area (Å²) >= 11 is 1.53. The standard InChI is InChI=1S/C12H18N6S/c1-4-13-10-5-11(17-12(16-10)19-3)14-6-9-7-15-18(2)8-9/h5,7-8H,4,6H2,1-3H3,(H2,13,14,16,17). The highest BCUT2D eigenvalue weighted by Crippen LogP contribution is 2.17. The van der Waals surface area contributed by atoms with Crippen molar-refractivity contribution in [1.29, 1.82) is 0 Å². The molecule has 0 aliphatic carbocycles. The molecule has 0 radical (unpaired) electrons. The van der Waals surface area contributed by atoms with E-state index in [9.17, 15) is 0 Å². The van der Waals surface area contributed by atoms with Gasteiger partial charge in [0.15, 0.2) is 5.16 Å². The van der Waals surface area contributed by atoms with E-state index in [-0.39, 0.29) is 0 Å². The van der Waals surface area contributed by atoms with Crippen molar-refractivity contribution in [2.75, 3.05) is 23.4 Å². The van der Waals surface area contributed by atoms with Crippen molar-refractivity contribution >= 4 is 23.4 Å². The minimum Gasteiger partial charge on any atom is -0.370 e. The zero-order chi connectivity index (χ0) is 13.7. The van der Waals surface area contributed by atoms with Crippen molar-refractivity contribution in [2.24, 2.45) is 7.05 Å². The molecule has 0 atom stereocenters. The molecule has 0 aliphatic rings. The second-order valence-corrected chi connectivity index (χ2v) is 4.80. The summed E-state index contributed by atoms with van der Waals surface area (Å²) in [4.78, 5) is 8.81. The molecule has 0 saturated carbocycles. The molecule has 102 valence electrons. The van der Waals surface area contributed by atoms with Gasteiger partial charge in [-0.1, -0.05) is 11.8 Å². The Bertz CT molecular complexity index is 539. The Morgan fingerprint density at radius 3 is 2.58 bits per heavy atom. The van der Waals surface area contributed by atoms with E-state index in [1.807, 2.05) is 38.7 Å². The first kappa shape index (κ1) is 13.7. The van der Waals surface area contributed by atoms with E-state index >= 15 is 0 Å². The van der Waals surface area contributed by atoms with Gasteiger partial charge < -0.3 is 10.6 Å². The molecule has 0 fully saturated rings. The number of nitrogens with one attached hydrogen (secondary N) is 2. The van der Waals surface area contributed by atoms with Gasteiger partial charge in [0.25, 0.3) is 0 Å². The Balaban J connectivity index is 2.08. The van der Waals surface area contributed by atoms with E-state index in [0.717, 1.165) is 28.9 Å². The molecule has 0 saturated heterocycles. The Hall–Kier alpha value is -1.76. The van der Waals surface area contributed by atoms with E-state index < -0.39 is 0 Å². The first-order valence-electron chi connectivity index (χ1n) is 6.09. The Morgan fingerprint density at radius 1 is 1.26 bits per heavy atom. The van der Waals surface area contributed by atoms with Gasteiger partial charge in [0.2, 0.25) is 0 Å². The lowest BCUT2D eigenvalue weighted by Crippen LogP contribution is -2.06. The van der Waals surface area contributed by atoms with Gasteiger partial charge in [-0.3, -0.25) is 4.68 Å². The van der Waals surface area contributed by atoms with Crippen LogP contribution >= 0.6 is 11.8 Å². The molecule has 0 amide bonds. The van der Waals surface area contributed by atoms with Crippen LogP contribution in [-0.2, 0) is 13.6 Å². The molecule has 2 aromatic heterocycles. The normalized spacial score (nSPS) is 10.5. The number of aryl methyl sites for hydroxylation is 1. The molecular formula is C12H18N6S. The number of hydrogen-bond donors (Lipinski definition) is 2. The van der Waals surface area contributed by atoms with Crippen LogP contribution in [0.1, 0.15) is 12.5 Å². The molecule has 6 nitrogen and oxygen atoms in total. The van der Waals surface area contributed by atoms with Gasteiger partial charge in [-0.15, -0.1) is 0 Å². The van der Waals surface area contributed by atoms with Crippen molar-refractivity contribution < 1.29 is 0 Å². The Morgan fingerprint density at radius 2 is 2.00 bits per heavy atom. The number of anilines is 2. The molecule has 0 spiro atoms. The maximum absolute atomic E-state index is 4.43. The van der Waals surface area contributed by atoms with Gasteiger partial charge in [0.1, 0.15) is 11.6 Å². The number of nitrogens with zero attached hydrogens (tertiary/aromatic N) is 4. The fourth-order valence-electron chi connectivity index (χ4n) is 1.63. The van der Waals surface area contributed by atoms with E-state index in [1.165, 1.54) is 11.8 Å². The molecule has 0 aliphatic heterocycles. The minimum atomic E-state index is 0.699. The predicted octanol–water partition coefficient (Wildman–Crippen LogP) is 1.98. The topological polar surface area (TPSA) is 67.7 Å². The fraction of sp³-hybridized carbons (Fsp3) is 0.417. The third-order valence-electron chi connectivity index (χ3n) is 2.48. The third kappa shape index (κ3) is 3.85. The SMILES string of the molecule is CCNc1cc(NCc2cnn(C)c2)nc(SC)n1. The summed E-state index contributed by atoms with van der Waals surface area (Å²) in [7, 11) is 1.91. The molecule has 2 heterocycles. The van der Waals surface area contributed by atoms with Crippen LogP contribution in [0.3, 0.4) is 0 Å². The average molecular weight is 278 g/mol. The second-order valence-electron chi connectivity index (χ2n) is 4.03. The van der Waals surface area contributed by atoms with Crippen LogP contribution in [-0.4, -0.2) is 32.5 Å². The van der Waals surface area contributed by atoms with Crippen molar-refractivity contribution in [3.63, 3.8) is 0 Å². The monoisotopic (exact) mass is 278 g/mol.